The predicted molar refractivity (Wildman–Crippen MR) is 214 cm³/mol. The summed E-state index contributed by atoms with van der Waals surface area (Å²) in [6, 6.07) is 2.87. The Balaban J connectivity index is 1.41. The third-order valence-electron chi connectivity index (χ3n) is 10.3. The molecule has 2 fully saturated rings. The Morgan fingerprint density at radius 1 is 1.08 bits per heavy atom. The number of Topliss-reactive ketones (excluding diaryl/α,β-unsaturated/α-hetero) is 1. The van der Waals surface area contributed by atoms with Crippen molar-refractivity contribution in [3.63, 3.8) is 0 Å². The number of phosphoric ester groups is 3. The third-order valence-corrected chi connectivity index (χ3v) is 13.4. The molecule has 0 spiro atoms. The van der Waals surface area contributed by atoms with Crippen LogP contribution in [0.1, 0.15) is 31.1 Å². The molecule has 0 saturated carbocycles. The van der Waals surface area contributed by atoms with Crippen molar-refractivity contribution < 1.29 is 90.5 Å². The van der Waals surface area contributed by atoms with Crippen LogP contribution in [-0.2, 0) is 56.2 Å². The van der Waals surface area contributed by atoms with Crippen molar-refractivity contribution in [3.05, 3.63) is 87.1 Å². The second-order valence-electron chi connectivity index (χ2n) is 14.4. The van der Waals surface area contributed by atoms with Crippen LogP contribution in [0.3, 0.4) is 0 Å². The number of imidazole rings is 1. The van der Waals surface area contributed by atoms with Crippen molar-refractivity contribution >= 4 is 57.8 Å². The number of fused-ring (bicyclic) bond motifs is 1. The maximum atomic E-state index is 14.7. The van der Waals surface area contributed by atoms with Gasteiger partial charge in [0.15, 0.2) is 40.9 Å². The molecule has 35 heteroatoms. The van der Waals surface area contributed by atoms with Gasteiger partial charge in [0, 0.05) is 41.4 Å². The van der Waals surface area contributed by atoms with Crippen LogP contribution >= 0.6 is 23.5 Å². The molecular weight excluding hydrogens is 953 g/mol. The van der Waals surface area contributed by atoms with Crippen molar-refractivity contribution in [2.75, 3.05) is 25.5 Å². The summed E-state index contributed by atoms with van der Waals surface area (Å²) in [5.74, 6) is -2.54. The number of ketones is 1. The van der Waals surface area contributed by atoms with Gasteiger partial charge in [-0.2, -0.15) is 4.31 Å². The number of benzene rings is 1. The van der Waals surface area contributed by atoms with Crippen LogP contribution in [-0.4, -0.2) is 132 Å². The normalized spacial score (nSPS) is 29.5. The number of aliphatic hydroxyl groups is 3. The number of non-ortho nitro benzene ring substituents is 1. The highest BCUT2D eigenvalue weighted by atomic mass is 31.3. The van der Waals surface area contributed by atoms with Crippen LogP contribution in [0.15, 0.2) is 66.1 Å². The van der Waals surface area contributed by atoms with Gasteiger partial charge in [0.2, 0.25) is 11.6 Å². The second kappa shape index (κ2) is 18.8. The number of nitro benzene ring substituents is 1. The van der Waals surface area contributed by atoms with Gasteiger partial charge in [-0.3, -0.25) is 37.8 Å². The molecule has 2 unspecified atom stereocenters. The number of nitrogens with zero attached hydrogens (tertiary/aromatic N) is 9. The topological polar surface area (TPSA) is 499 Å². The van der Waals surface area contributed by atoms with Gasteiger partial charge in [-0.15, -0.1) is 0 Å². The molecule has 0 radical (unpaired) electrons. The number of allylic oxidation sites excluding steroid dienone is 1. The lowest BCUT2D eigenvalue weighted by atomic mass is 9.70. The van der Waals surface area contributed by atoms with Crippen molar-refractivity contribution in [2.45, 2.75) is 67.0 Å². The second-order valence-corrected chi connectivity index (χ2v) is 18.6. The van der Waals surface area contributed by atoms with E-state index in [4.69, 9.17) is 40.2 Å². The number of azide groups is 1. The molecule has 10 atom stereocenters. The van der Waals surface area contributed by atoms with Gasteiger partial charge in [-0.05, 0) is 47.7 Å². The first-order valence-corrected chi connectivity index (χ1v) is 23.1. The first-order valence-electron chi connectivity index (χ1n) is 18.6. The molecule has 13 N–H and O–H groups in total. The number of hydrogen-bond acceptors (Lipinski definition) is 23. The van der Waals surface area contributed by atoms with Gasteiger partial charge < -0.3 is 66.5 Å². The fourth-order valence-electron chi connectivity index (χ4n) is 7.36. The Kier molecular flexibility index (Phi) is 14.3. The summed E-state index contributed by atoms with van der Waals surface area (Å²) < 4.78 is 71.4. The van der Waals surface area contributed by atoms with Gasteiger partial charge in [0.25, 0.3) is 5.69 Å². The minimum absolute atomic E-state index is 0.0924. The molecule has 358 valence electrons. The van der Waals surface area contributed by atoms with Crippen LogP contribution in [0.4, 0.5) is 11.5 Å². The summed E-state index contributed by atoms with van der Waals surface area (Å²) in [4.78, 5) is 94.9. The van der Waals surface area contributed by atoms with E-state index in [2.05, 4.69) is 29.3 Å². The number of hydrogen-bond donors (Lipinski definition) is 10. The zero-order chi connectivity index (χ0) is 48.6. The average molecular weight is 993 g/mol. The lowest BCUT2D eigenvalue weighted by Crippen LogP contribution is -2.65. The molecule has 3 aliphatic heterocycles. The molecule has 32 nitrogen and oxygen atoms in total. The number of carbonyl (C=O) groups is 2. The Morgan fingerprint density at radius 2 is 1.76 bits per heavy atom. The molecule has 3 aliphatic rings. The highest BCUT2D eigenvalue weighted by Crippen LogP contribution is 2.67. The van der Waals surface area contributed by atoms with E-state index in [1.165, 1.54) is 23.4 Å². The van der Waals surface area contributed by atoms with Gasteiger partial charge in [0.05, 0.1) is 24.5 Å². The van der Waals surface area contributed by atoms with E-state index in [1.54, 1.807) is 0 Å². The average Bonchev–Trinajstić information content (AvgIpc) is 3.87. The number of anilines is 1. The van der Waals surface area contributed by atoms with E-state index in [9.17, 15) is 73.8 Å². The van der Waals surface area contributed by atoms with E-state index in [-0.39, 0.29) is 36.3 Å². The largest absolute Gasteiger partial charge is 0.481 e. The SMILES string of the molecule is [N-]=[N+]=N[C@]1(OP(=O)(O)O)[C@H](n2cnc3c(N)ncnc32)O[C@@](COP(=O)(O)OP(=O)(O)OC[C@H]2O[C@@H](N3C=CCC(C(N)=O)=C3)[C@H](O)[C@@H]2O)(C(=O)CCCN)[C@]1(O)c1ccc([N+](=O)[O-])cc1. The van der Waals surface area contributed by atoms with E-state index in [0.29, 0.717) is 16.7 Å². The number of aromatic nitrogens is 4. The van der Waals surface area contributed by atoms with Crippen LogP contribution in [0, 0.1) is 10.1 Å². The summed E-state index contributed by atoms with van der Waals surface area (Å²) in [6.07, 6.45) is -4.45. The molecule has 1 aromatic carbocycles. The molecule has 0 aliphatic carbocycles. The molecule has 1 amide bonds. The molecule has 3 aromatic rings. The number of phosphoric acid groups is 3. The number of aliphatic hydroxyl groups excluding tert-OH is 2. The Bertz CT molecular complexity index is 2650. The fraction of sp³-hybridized carbons (Fsp3) is 0.452. The molecule has 5 heterocycles. The van der Waals surface area contributed by atoms with Gasteiger partial charge in [-0.25, -0.2) is 28.6 Å². The number of nitrogen functional groups attached to an aromatic ring is 1. The van der Waals surface area contributed by atoms with Crippen molar-refractivity contribution in [1.29, 1.82) is 0 Å². The molecule has 0 bridgehead atoms. The number of rotatable bonds is 20. The first-order chi connectivity index (χ1) is 30.9. The lowest BCUT2D eigenvalue weighted by Gasteiger charge is -2.45. The quantitative estimate of drug-likeness (QED) is 0.0165. The molecule has 2 aromatic heterocycles. The highest BCUT2D eigenvalue weighted by molar-refractivity contribution is 7.61. The smallest absolute Gasteiger partial charge is 0.387 e. The molecule has 6 rings (SSSR count). The molecular formula is C31H39N12O20P3. The maximum absolute atomic E-state index is 14.7. The minimum atomic E-state index is -6.18. The summed E-state index contributed by atoms with van der Waals surface area (Å²) in [6.45, 7) is -3.28. The van der Waals surface area contributed by atoms with E-state index in [1.807, 2.05) is 0 Å². The Hall–Kier alpha value is -5.17. The van der Waals surface area contributed by atoms with Gasteiger partial charge in [-0.1, -0.05) is 6.08 Å². The van der Waals surface area contributed by atoms with Gasteiger partial charge >= 0.3 is 23.5 Å². The zero-order valence-corrected chi connectivity index (χ0v) is 36.0. The zero-order valence-electron chi connectivity index (χ0n) is 33.4. The summed E-state index contributed by atoms with van der Waals surface area (Å²) in [5, 5.41) is 49.6. The number of ether oxygens (including phenoxy) is 2. The minimum Gasteiger partial charge on any atom is -0.387 e. The third kappa shape index (κ3) is 9.51. The van der Waals surface area contributed by atoms with E-state index < -0.39 is 124 Å². The number of carbonyl (C=O) groups excluding carboxylic acids is 2. The number of amides is 1. The summed E-state index contributed by atoms with van der Waals surface area (Å²) in [7, 11) is -18.2. The van der Waals surface area contributed by atoms with E-state index >= 15 is 0 Å². The Morgan fingerprint density at radius 3 is 2.38 bits per heavy atom. The molecule has 2 saturated heterocycles. The van der Waals surface area contributed by atoms with Crippen LogP contribution in [0.25, 0.3) is 21.6 Å². The first kappa shape index (κ1) is 50.2. The lowest BCUT2D eigenvalue weighted by molar-refractivity contribution is -0.384. The molecule has 66 heavy (non-hydrogen) atoms. The fourth-order valence-corrected chi connectivity index (χ4v) is 10.1. The summed E-state index contributed by atoms with van der Waals surface area (Å²) in [5.41, 5.74) is 13.8. The highest BCUT2D eigenvalue weighted by Gasteiger charge is 2.80. The van der Waals surface area contributed by atoms with Crippen LogP contribution in [0.2, 0.25) is 0 Å². The van der Waals surface area contributed by atoms with Crippen LogP contribution < -0.4 is 17.2 Å². The summed E-state index contributed by atoms with van der Waals surface area (Å²) >= 11 is 0. The van der Waals surface area contributed by atoms with Gasteiger partial charge in [0.1, 0.15) is 30.2 Å². The number of primary amides is 1. The van der Waals surface area contributed by atoms with Crippen molar-refractivity contribution in [1.82, 2.24) is 24.4 Å². The van der Waals surface area contributed by atoms with Crippen molar-refractivity contribution in [2.24, 2.45) is 16.6 Å². The number of nitrogens with two attached hydrogens (primary N) is 3. The number of nitro groups is 1. The van der Waals surface area contributed by atoms with Crippen molar-refractivity contribution in [3.8, 4) is 0 Å². The van der Waals surface area contributed by atoms with Crippen LogP contribution in [0.5, 0.6) is 0 Å². The monoisotopic (exact) mass is 992 g/mol. The van der Waals surface area contributed by atoms with E-state index in [0.717, 1.165) is 24.8 Å². The standard InChI is InChI=1S/C31H39N12O20P3/c32-9-1-4-20(44)29(13-59-66(56,57)63-65(54,55)58-12-19-22(45)23(46)27(60-19)41-10-2-3-16(11-41)25(34)47)30(48,17-5-7-18(8-6-17)43(49)50)31(39-40-35,62-64(51,52)53)28(61-29)42-15-38-21-24(33)36-14-37-26(21)42/h2,5-8,10-11,14-15,19,22-23,27-28,45-46,48H,1,3-4,9,12-13,32H2,(H2,34,47)(H,54,55)(H,56,57)(H2,33,36,37)(H2,51,52,53)/t19-,22-,23-,27-,28-,29+,30-,31+/m1/s1. The predicted octanol–water partition coefficient (Wildman–Crippen LogP) is -0.818. The maximum Gasteiger partial charge on any atom is 0.481 e. The Labute approximate surface area is 368 Å².